The first kappa shape index (κ1) is 17.8. The summed E-state index contributed by atoms with van der Waals surface area (Å²) in [6.07, 6.45) is 1.65. The predicted molar refractivity (Wildman–Crippen MR) is 108 cm³/mol. The van der Waals surface area contributed by atoms with Crippen molar-refractivity contribution in [2.45, 2.75) is 6.04 Å². The van der Waals surface area contributed by atoms with Crippen molar-refractivity contribution in [1.82, 2.24) is 9.88 Å². The maximum Gasteiger partial charge on any atom is 0.232 e. The van der Waals surface area contributed by atoms with Crippen LogP contribution in [0.15, 0.2) is 69.7 Å². The minimum absolute atomic E-state index is 0.00681. The Morgan fingerprint density at radius 3 is 2.68 bits per heavy atom. The molecule has 0 radical (unpaired) electrons. The van der Waals surface area contributed by atoms with E-state index in [-0.39, 0.29) is 11.7 Å². The van der Waals surface area contributed by atoms with Crippen LogP contribution in [0.4, 0.5) is 5.88 Å². The van der Waals surface area contributed by atoms with Gasteiger partial charge in [-0.15, -0.1) is 0 Å². The second-order valence-electron chi connectivity index (χ2n) is 6.71. The lowest BCUT2D eigenvalue weighted by atomic mass is 10.0. The molecule has 2 aromatic carbocycles. The van der Waals surface area contributed by atoms with Crippen LogP contribution in [0, 0.1) is 11.3 Å². The normalized spacial score (nSPS) is 12.2. The first-order valence-corrected chi connectivity index (χ1v) is 9.00. The fourth-order valence-electron chi connectivity index (χ4n) is 3.25. The highest BCUT2D eigenvalue weighted by Crippen LogP contribution is 2.31. The Morgan fingerprint density at radius 1 is 1.11 bits per heavy atom. The molecule has 1 atom stereocenters. The van der Waals surface area contributed by atoms with Crippen molar-refractivity contribution < 1.29 is 8.83 Å². The Hall–Kier alpha value is -3.56. The molecule has 0 amide bonds. The topological polar surface area (TPSA) is 78.2 Å². The summed E-state index contributed by atoms with van der Waals surface area (Å²) < 4.78 is 11.5. The Balaban J connectivity index is 1.64. The fraction of sp³-hybridized carbons (Fsp3) is 0.182. The Labute approximate surface area is 163 Å². The molecule has 1 N–H and O–H groups in total. The molecule has 2 aromatic heterocycles. The maximum absolute atomic E-state index is 9.51. The number of hydrogen-bond donors (Lipinski definition) is 1. The van der Waals surface area contributed by atoms with Crippen LogP contribution in [-0.2, 0) is 0 Å². The van der Waals surface area contributed by atoms with Gasteiger partial charge in [0.15, 0.2) is 0 Å². The number of aromatic nitrogens is 1. The van der Waals surface area contributed by atoms with Crippen LogP contribution in [-0.4, -0.2) is 30.5 Å². The Kier molecular flexibility index (Phi) is 4.83. The number of likely N-dealkylation sites (N-methyl/N-ethyl adjacent to an activating group) is 1. The van der Waals surface area contributed by atoms with Gasteiger partial charge in [0.25, 0.3) is 0 Å². The zero-order chi connectivity index (χ0) is 19.5. The highest BCUT2D eigenvalue weighted by Gasteiger charge is 2.20. The number of nitrogens with zero attached hydrogens (tertiary/aromatic N) is 3. The summed E-state index contributed by atoms with van der Waals surface area (Å²) in [4.78, 5) is 6.45. The molecule has 0 unspecified atom stereocenters. The lowest BCUT2D eigenvalue weighted by Crippen LogP contribution is -2.26. The smallest absolute Gasteiger partial charge is 0.232 e. The molecular formula is C22H20N4O2. The summed E-state index contributed by atoms with van der Waals surface area (Å²) in [7, 11) is 3.95. The van der Waals surface area contributed by atoms with Crippen LogP contribution in [0.25, 0.3) is 22.2 Å². The molecule has 28 heavy (non-hydrogen) atoms. The van der Waals surface area contributed by atoms with Gasteiger partial charge in [0.05, 0.1) is 12.3 Å². The third kappa shape index (κ3) is 3.36. The monoisotopic (exact) mass is 372 g/mol. The van der Waals surface area contributed by atoms with Crippen LogP contribution < -0.4 is 5.32 Å². The van der Waals surface area contributed by atoms with E-state index in [9.17, 15) is 5.26 Å². The molecule has 6 nitrogen and oxygen atoms in total. The average Bonchev–Trinajstić information content (AvgIpc) is 3.37. The van der Waals surface area contributed by atoms with Gasteiger partial charge in [-0.3, -0.25) is 4.90 Å². The van der Waals surface area contributed by atoms with E-state index in [1.54, 1.807) is 6.26 Å². The molecule has 0 aliphatic rings. The second kappa shape index (κ2) is 7.59. The van der Waals surface area contributed by atoms with Crippen LogP contribution in [0.1, 0.15) is 17.5 Å². The first-order valence-electron chi connectivity index (χ1n) is 9.00. The Morgan fingerprint density at radius 2 is 1.93 bits per heavy atom. The molecule has 0 spiro atoms. The van der Waals surface area contributed by atoms with Crippen molar-refractivity contribution in [3.8, 4) is 17.5 Å². The highest BCUT2D eigenvalue weighted by molar-refractivity contribution is 5.94. The van der Waals surface area contributed by atoms with Crippen LogP contribution in [0.3, 0.4) is 0 Å². The van der Waals surface area contributed by atoms with Crippen LogP contribution in [0.2, 0.25) is 0 Å². The molecule has 0 saturated carbocycles. The van der Waals surface area contributed by atoms with Crippen molar-refractivity contribution in [2.75, 3.05) is 26.0 Å². The lowest BCUT2D eigenvalue weighted by Gasteiger charge is -2.22. The van der Waals surface area contributed by atoms with Gasteiger partial charge in [-0.1, -0.05) is 36.4 Å². The van der Waals surface area contributed by atoms with Crippen molar-refractivity contribution in [1.29, 1.82) is 5.26 Å². The van der Waals surface area contributed by atoms with E-state index in [0.717, 1.165) is 22.1 Å². The van der Waals surface area contributed by atoms with E-state index in [1.807, 2.05) is 73.6 Å². The number of furan rings is 1. The largest absolute Gasteiger partial charge is 0.468 e. The first-order chi connectivity index (χ1) is 13.7. The van der Waals surface area contributed by atoms with Crippen LogP contribution in [0.5, 0.6) is 0 Å². The summed E-state index contributed by atoms with van der Waals surface area (Å²) in [6.45, 7) is 0.513. The summed E-state index contributed by atoms with van der Waals surface area (Å²) in [6, 6.07) is 19.9. The average molecular weight is 372 g/mol. The molecule has 0 aliphatic carbocycles. The summed E-state index contributed by atoms with van der Waals surface area (Å²) in [5, 5.41) is 14.9. The molecule has 0 bridgehead atoms. The van der Waals surface area contributed by atoms with Gasteiger partial charge in [0, 0.05) is 12.1 Å². The van der Waals surface area contributed by atoms with Gasteiger partial charge < -0.3 is 14.2 Å². The van der Waals surface area contributed by atoms with Crippen molar-refractivity contribution >= 4 is 16.7 Å². The number of rotatable bonds is 6. The molecule has 2 heterocycles. The quantitative estimate of drug-likeness (QED) is 0.530. The molecule has 0 saturated heterocycles. The number of benzene rings is 2. The van der Waals surface area contributed by atoms with Gasteiger partial charge in [0.2, 0.25) is 17.5 Å². The van der Waals surface area contributed by atoms with E-state index in [4.69, 9.17) is 8.83 Å². The molecule has 4 aromatic rings. The number of nitriles is 1. The van der Waals surface area contributed by atoms with Gasteiger partial charge in [-0.05, 0) is 43.1 Å². The predicted octanol–water partition coefficient (Wildman–Crippen LogP) is 4.67. The summed E-state index contributed by atoms with van der Waals surface area (Å²) >= 11 is 0. The van der Waals surface area contributed by atoms with E-state index in [2.05, 4.69) is 16.4 Å². The van der Waals surface area contributed by atoms with E-state index < -0.39 is 0 Å². The molecular weight excluding hydrogens is 352 g/mol. The number of nitrogens with one attached hydrogen (secondary N) is 1. The number of oxazole rings is 1. The van der Waals surface area contributed by atoms with E-state index in [0.29, 0.717) is 18.3 Å². The van der Waals surface area contributed by atoms with Crippen LogP contribution >= 0.6 is 0 Å². The van der Waals surface area contributed by atoms with Gasteiger partial charge in [0.1, 0.15) is 11.8 Å². The third-order valence-electron chi connectivity index (χ3n) is 4.70. The third-order valence-corrected chi connectivity index (χ3v) is 4.70. The number of fused-ring (bicyclic) bond motifs is 1. The molecule has 6 heteroatoms. The second-order valence-corrected chi connectivity index (χ2v) is 6.71. The number of hydrogen-bond acceptors (Lipinski definition) is 6. The summed E-state index contributed by atoms with van der Waals surface area (Å²) in [5.74, 6) is 1.63. The molecule has 0 aliphatic heterocycles. The number of anilines is 1. The lowest BCUT2D eigenvalue weighted by molar-refractivity contribution is 0.268. The molecule has 4 rings (SSSR count). The SMILES string of the molecule is CN(C)[C@@H](CNc1oc(-c2cccc3ccccc23)nc1C#N)c1ccco1. The molecule has 0 fully saturated rings. The Bertz CT molecular complexity index is 1120. The fourth-order valence-corrected chi connectivity index (χ4v) is 3.25. The molecule has 140 valence electrons. The standard InChI is InChI=1S/C22H20N4O2/c1-26(2)19(20-11-6-12-27-20)14-24-22-18(13-23)25-21(28-22)17-10-5-8-15-7-3-4-9-16(15)17/h3-12,19,24H,14H2,1-2H3/t19-/m0/s1. The van der Waals surface area contributed by atoms with Crippen molar-refractivity contribution in [3.63, 3.8) is 0 Å². The van der Waals surface area contributed by atoms with E-state index in [1.165, 1.54) is 0 Å². The zero-order valence-electron chi connectivity index (χ0n) is 15.7. The minimum atomic E-state index is -0.00681. The van der Waals surface area contributed by atoms with Crippen molar-refractivity contribution in [3.05, 3.63) is 72.3 Å². The van der Waals surface area contributed by atoms with E-state index >= 15 is 0 Å². The van der Waals surface area contributed by atoms with Gasteiger partial charge >= 0.3 is 0 Å². The maximum atomic E-state index is 9.51. The highest BCUT2D eigenvalue weighted by atomic mass is 16.4. The zero-order valence-corrected chi connectivity index (χ0v) is 15.7. The summed E-state index contributed by atoms with van der Waals surface area (Å²) in [5.41, 5.74) is 1.10. The van der Waals surface area contributed by atoms with Gasteiger partial charge in [-0.2, -0.15) is 10.2 Å². The van der Waals surface area contributed by atoms with Crippen molar-refractivity contribution in [2.24, 2.45) is 0 Å². The van der Waals surface area contributed by atoms with Gasteiger partial charge in [-0.25, -0.2) is 0 Å². The minimum Gasteiger partial charge on any atom is -0.468 e.